The van der Waals surface area contributed by atoms with Crippen molar-refractivity contribution in [1.82, 2.24) is 9.88 Å². The predicted molar refractivity (Wildman–Crippen MR) is 68.1 cm³/mol. The van der Waals surface area contributed by atoms with E-state index < -0.39 is 0 Å². The van der Waals surface area contributed by atoms with Crippen LogP contribution in [0.1, 0.15) is 30.8 Å². The molecule has 4 heteroatoms. The number of nitrogens with zero attached hydrogens (tertiary/aromatic N) is 2. The Kier molecular flexibility index (Phi) is 3.61. The Hall–Kier alpha value is -1.58. The SMILES string of the molecule is CCNc1ccc(C(=O)N2CCC(C)C2)nc1. The number of hydrogen-bond donors (Lipinski definition) is 1. The van der Waals surface area contributed by atoms with Crippen molar-refractivity contribution >= 4 is 11.6 Å². The normalized spacial score (nSPS) is 19.4. The van der Waals surface area contributed by atoms with Crippen LogP contribution in [0.15, 0.2) is 18.3 Å². The van der Waals surface area contributed by atoms with E-state index in [0.29, 0.717) is 11.6 Å². The van der Waals surface area contributed by atoms with Gasteiger partial charge in [-0.3, -0.25) is 4.79 Å². The Morgan fingerprint density at radius 3 is 2.94 bits per heavy atom. The Morgan fingerprint density at radius 1 is 1.59 bits per heavy atom. The zero-order valence-electron chi connectivity index (χ0n) is 10.4. The Balaban J connectivity index is 2.04. The summed E-state index contributed by atoms with van der Waals surface area (Å²) in [6, 6.07) is 3.70. The standard InChI is InChI=1S/C13H19N3O/c1-3-14-11-4-5-12(15-8-11)13(17)16-7-6-10(2)9-16/h4-5,8,10,14H,3,6-7,9H2,1-2H3. The van der Waals surface area contributed by atoms with Crippen LogP contribution in [0, 0.1) is 5.92 Å². The van der Waals surface area contributed by atoms with Crippen molar-refractivity contribution in [3.05, 3.63) is 24.0 Å². The van der Waals surface area contributed by atoms with Gasteiger partial charge in [-0.15, -0.1) is 0 Å². The number of nitrogens with one attached hydrogen (secondary N) is 1. The van der Waals surface area contributed by atoms with E-state index in [9.17, 15) is 4.79 Å². The number of pyridine rings is 1. The van der Waals surface area contributed by atoms with Crippen molar-refractivity contribution in [2.45, 2.75) is 20.3 Å². The van der Waals surface area contributed by atoms with Crippen LogP contribution in [-0.4, -0.2) is 35.4 Å². The zero-order valence-corrected chi connectivity index (χ0v) is 10.4. The lowest BCUT2D eigenvalue weighted by atomic mass is 10.2. The van der Waals surface area contributed by atoms with E-state index in [2.05, 4.69) is 17.2 Å². The molecule has 1 unspecified atom stereocenters. The number of rotatable bonds is 3. The van der Waals surface area contributed by atoms with Gasteiger partial charge in [-0.25, -0.2) is 4.98 Å². The summed E-state index contributed by atoms with van der Waals surface area (Å²) in [4.78, 5) is 18.2. The van der Waals surface area contributed by atoms with Crippen molar-refractivity contribution in [2.24, 2.45) is 5.92 Å². The van der Waals surface area contributed by atoms with Crippen LogP contribution in [0.5, 0.6) is 0 Å². The lowest BCUT2D eigenvalue weighted by Crippen LogP contribution is -2.29. The molecule has 0 saturated carbocycles. The fourth-order valence-electron chi connectivity index (χ4n) is 2.11. The molecule has 1 atom stereocenters. The molecule has 1 aromatic heterocycles. The van der Waals surface area contributed by atoms with Gasteiger partial charge < -0.3 is 10.2 Å². The Bertz CT molecular complexity index is 388. The van der Waals surface area contributed by atoms with Crippen LogP contribution in [0.2, 0.25) is 0 Å². The summed E-state index contributed by atoms with van der Waals surface area (Å²) in [5.74, 6) is 0.664. The molecule has 1 aliphatic heterocycles. The highest BCUT2D eigenvalue weighted by molar-refractivity contribution is 5.92. The third-order valence-electron chi connectivity index (χ3n) is 3.07. The first kappa shape index (κ1) is 11.9. The second-order valence-corrected chi connectivity index (χ2v) is 4.61. The van der Waals surface area contributed by atoms with Gasteiger partial charge in [0, 0.05) is 19.6 Å². The van der Waals surface area contributed by atoms with Gasteiger partial charge in [0.1, 0.15) is 5.69 Å². The highest BCUT2D eigenvalue weighted by Crippen LogP contribution is 2.17. The van der Waals surface area contributed by atoms with Crippen molar-refractivity contribution in [3.63, 3.8) is 0 Å². The largest absolute Gasteiger partial charge is 0.384 e. The quantitative estimate of drug-likeness (QED) is 0.868. The second-order valence-electron chi connectivity index (χ2n) is 4.61. The van der Waals surface area contributed by atoms with Crippen LogP contribution in [0.25, 0.3) is 0 Å². The topological polar surface area (TPSA) is 45.2 Å². The number of hydrogen-bond acceptors (Lipinski definition) is 3. The van der Waals surface area contributed by atoms with Crippen molar-refractivity contribution in [2.75, 3.05) is 25.0 Å². The summed E-state index contributed by atoms with van der Waals surface area (Å²) >= 11 is 0. The summed E-state index contributed by atoms with van der Waals surface area (Å²) < 4.78 is 0. The highest BCUT2D eigenvalue weighted by atomic mass is 16.2. The summed E-state index contributed by atoms with van der Waals surface area (Å²) in [5.41, 5.74) is 1.50. The number of amides is 1. The molecule has 1 N–H and O–H groups in total. The first-order chi connectivity index (χ1) is 8.20. The molecule has 0 bridgehead atoms. The monoisotopic (exact) mass is 233 g/mol. The third-order valence-corrected chi connectivity index (χ3v) is 3.07. The molecule has 2 rings (SSSR count). The van der Waals surface area contributed by atoms with Gasteiger partial charge in [0.05, 0.1) is 11.9 Å². The molecule has 0 aromatic carbocycles. The summed E-state index contributed by atoms with van der Waals surface area (Å²) in [6.45, 7) is 6.78. The van der Waals surface area contributed by atoms with Gasteiger partial charge in [-0.2, -0.15) is 0 Å². The maximum absolute atomic E-state index is 12.1. The van der Waals surface area contributed by atoms with Crippen LogP contribution < -0.4 is 5.32 Å². The molecule has 4 nitrogen and oxygen atoms in total. The minimum atomic E-state index is 0.0531. The molecule has 0 spiro atoms. The zero-order chi connectivity index (χ0) is 12.3. The third kappa shape index (κ3) is 2.75. The number of anilines is 1. The van der Waals surface area contributed by atoms with E-state index in [-0.39, 0.29) is 5.91 Å². The summed E-state index contributed by atoms with van der Waals surface area (Å²) in [6.07, 6.45) is 2.82. The molecule has 0 aliphatic carbocycles. The van der Waals surface area contributed by atoms with E-state index >= 15 is 0 Å². The maximum Gasteiger partial charge on any atom is 0.272 e. The van der Waals surface area contributed by atoms with Crippen molar-refractivity contribution in [3.8, 4) is 0 Å². The number of aromatic nitrogens is 1. The molecule has 1 aliphatic rings. The summed E-state index contributed by atoms with van der Waals surface area (Å²) in [7, 11) is 0. The minimum Gasteiger partial charge on any atom is -0.384 e. The van der Waals surface area contributed by atoms with Crippen LogP contribution in [-0.2, 0) is 0 Å². The van der Waals surface area contributed by atoms with Gasteiger partial charge in [0.25, 0.3) is 5.91 Å². The van der Waals surface area contributed by atoms with Gasteiger partial charge >= 0.3 is 0 Å². The van der Waals surface area contributed by atoms with Crippen LogP contribution in [0.3, 0.4) is 0 Å². The van der Waals surface area contributed by atoms with E-state index in [0.717, 1.165) is 31.7 Å². The number of carbonyl (C=O) groups excluding carboxylic acids is 1. The second kappa shape index (κ2) is 5.17. The average Bonchev–Trinajstić information content (AvgIpc) is 2.76. The van der Waals surface area contributed by atoms with E-state index in [1.165, 1.54) is 0 Å². The van der Waals surface area contributed by atoms with Crippen molar-refractivity contribution in [1.29, 1.82) is 0 Å². The molecule has 1 saturated heterocycles. The molecule has 92 valence electrons. The molecular formula is C13H19N3O. The smallest absolute Gasteiger partial charge is 0.272 e. The molecular weight excluding hydrogens is 214 g/mol. The lowest BCUT2D eigenvalue weighted by Gasteiger charge is -2.15. The van der Waals surface area contributed by atoms with Crippen molar-refractivity contribution < 1.29 is 4.79 Å². The Morgan fingerprint density at radius 2 is 2.41 bits per heavy atom. The highest BCUT2D eigenvalue weighted by Gasteiger charge is 2.24. The molecule has 0 radical (unpaired) electrons. The van der Waals surface area contributed by atoms with Gasteiger partial charge in [0.15, 0.2) is 0 Å². The minimum absolute atomic E-state index is 0.0531. The van der Waals surface area contributed by atoms with E-state index in [1.54, 1.807) is 12.3 Å². The van der Waals surface area contributed by atoms with Gasteiger partial charge in [0.2, 0.25) is 0 Å². The lowest BCUT2D eigenvalue weighted by molar-refractivity contribution is 0.0782. The predicted octanol–water partition coefficient (Wildman–Crippen LogP) is 2.00. The molecule has 1 fully saturated rings. The fourth-order valence-corrected chi connectivity index (χ4v) is 2.11. The molecule has 2 heterocycles. The summed E-state index contributed by atoms with van der Waals surface area (Å²) in [5, 5.41) is 3.16. The van der Waals surface area contributed by atoms with Gasteiger partial charge in [-0.1, -0.05) is 6.92 Å². The number of likely N-dealkylation sites (tertiary alicyclic amines) is 1. The molecule has 1 aromatic rings. The van der Waals surface area contributed by atoms with E-state index in [1.807, 2.05) is 17.9 Å². The average molecular weight is 233 g/mol. The number of carbonyl (C=O) groups is 1. The van der Waals surface area contributed by atoms with Crippen LogP contribution >= 0.6 is 0 Å². The van der Waals surface area contributed by atoms with Crippen LogP contribution in [0.4, 0.5) is 5.69 Å². The van der Waals surface area contributed by atoms with Gasteiger partial charge in [-0.05, 0) is 31.4 Å². The Labute approximate surface area is 102 Å². The fraction of sp³-hybridized carbons (Fsp3) is 0.538. The molecule has 1 amide bonds. The molecule has 17 heavy (non-hydrogen) atoms. The van der Waals surface area contributed by atoms with E-state index in [4.69, 9.17) is 0 Å². The maximum atomic E-state index is 12.1. The first-order valence-electron chi connectivity index (χ1n) is 6.20. The first-order valence-corrected chi connectivity index (χ1v) is 6.20.